The summed E-state index contributed by atoms with van der Waals surface area (Å²) < 4.78 is 3.17. The number of benzene rings is 2. The minimum Gasteiger partial charge on any atom is -0.325 e. The number of hydrogen-bond acceptors (Lipinski definition) is 5. The van der Waals surface area contributed by atoms with Gasteiger partial charge in [0.15, 0.2) is 5.16 Å². The number of nitrogens with zero attached hydrogens (tertiary/aromatic N) is 3. The standard InChI is InChI=1S/C18H16N4OS2/c1-11-6-5-7-13(10-11)19-16(23)12(2)24-17-20-21-18-22(17)14-8-3-4-9-15(14)25-18/h3-10,12H,1-2H3,(H,19,23)/t12-/m0/s1. The Morgan fingerprint density at radius 3 is 2.88 bits per heavy atom. The summed E-state index contributed by atoms with van der Waals surface area (Å²) in [7, 11) is 0. The van der Waals surface area contributed by atoms with E-state index in [1.165, 1.54) is 11.8 Å². The smallest absolute Gasteiger partial charge is 0.237 e. The molecular weight excluding hydrogens is 352 g/mol. The second kappa shape index (κ2) is 6.50. The zero-order valence-electron chi connectivity index (χ0n) is 13.8. The van der Waals surface area contributed by atoms with E-state index in [1.54, 1.807) is 11.3 Å². The Bertz CT molecular complexity index is 1070. The molecule has 4 rings (SSSR count). The molecule has 126 valence electrons. The summed E-state index contributed by atoms with van der Waals surface area (Å²) in [5, 5.41) is 11.9. The molecule has 25 heavy (non-hydrogen) atoms. The van der Waals surface area contributed by atoms with Gasteiger partial charge in [-0.2, -0.15) is 0 Å². The van der Waals surface area contributed by atoms with Gasteiger partial charge in [0.1, 0.15) is 0 Å². The van der Waals surface area contributed by atoms with E-state index in [1.807, 2.05) is 60.7 Å². The van der Waals surface area contributed by atoms with Crippen LogP contribution >= 0.6 is 23.1 Å². The largest absolute Gasteiger partial charge is 0.325 e. The van der Waals surface area contributed by atoms with Gasteiger partial charge in [-0.05, 0) is 43.7 Å². The van der Waals surface area contributed by atoms with Crippen LogP contribution in [0.2, 0.25) is 0 Å². The Hall–Kier alpha value is -2.38. The predicted octanol–water partition coefficient (Wildman–Crippen LogP) is 4.37. The van der Waals surface area contributed by atoms with Gasteiger partial charge in [0.05, 0.1) is 15.5 Å². The van der Waals surface area contributed by atoms with Gasteiger partial charge >= 0.3 is 0 Å². The van der Waals surface area contributed by atoms with Gasteiger partial charge in [-0.3, -0.25) is 9.20 Å². The minimum atomic E-state index is -0.286. The highest BCUT2D eigenvalue weighted by Crippen LogP contribution is 2.31. The highest BCUT2D eigenvalue weighted by molar-refractivity contribution is 8.00. The third kappa shape index (κ3) is 3.12. The van der Waals surface area contributed by atoms with Crippen LogP contribution < -0.4 is 5.32 Å². The fourth-order valence-corrected chi connectivity index (χ4v) is 4.49. The maximum absolute atomic E-state index is 12.5. The molecule has 2 heterocycles. The molecule has 7 heteroatoms. The van der Waals surface area contributed by atoms with E-state index in [2.05, 4.69) is 21.6 Å². The van der Waals surface area contributed by atoms with E-state index in [0.717, 1.165) is 31.6 Å². The Labute approximate surface area is 153 Å². The number of thiazole rings is 1. The van der Waals surface area contributed by atoms with Crippen LogP contribution in [0.25, 0.3) is 15.2 Å². The van der Waals surface area contributed by atoms with E-state index < -0.39 is 0 Å². The van der Waals surface area contributed by atoms with Gasteiger partial charge in [0.2, 0.25) is 10.9 Å². The fourth-order valence-electron chi connectivity index (χ4n) is 2.61. The number of nitrogens with one attached hydrogen (secondary N) is 1. The monoisotopic (exact) mass is 368 g/mol. The highest BCUT2D eigenvalue weighted by atomic mass is 32.2. The summed E-state index contributed by atoms with van der Waals surface area (Å²) in [5.74, 6) is -0.0492. The van der Waals surface area contributed by atoms with Gasteiger partial charge in [0.25, 0.3) is 0 Å². The van der Waals surface area contributed by atoms with Crippen molar-refractivity contribution >= 4 is 49.9 Å². The second-order valence-electron chi connectivity index (χ2n) is 5.79. The molecule has 0 spiro atoms. The fraction of sp³-hybridized carbons (Fsp3) is 0.167. The van der Waals surface area contributed by atoms with Crippen LogP contribution in [0, 0.1) is 6.92 Å². The SMILES string of the molecule is Cc1cccc(NC(=O)[C@H](C)Sc2nnc3sc4ccccc4n23)c1. The normalized spacial score (nSPS) is 12.6. The molecular formula is C18H16N4OS2. The van der Waals surface area contributed by atoms with Crippen molar-refractivity contribution < 1.29 is 4.79 Å². The van der Waals surface area contributed by atoms with E-state index >= 15 is 0 Å². The van der Waals surface area contributed by atoms with Crippen molar-refractivity contribution in [2.75, 3.05) is 5.32 Å². The first-order chi connectivity index (χ1) is 12.1. The van der Waals surface area contributed by atoms with Crippen molar-refractivity contribution in [3.63, 3.8) is 0 Å². The number of aromatic nitrogens is 3. The minimum absolute atomic E-state index is 0.0492. The molecule has 1 N–H and O–H groups in total. The van der Waals surface area contributed by atoms with Crippen LogP contribution in [-0.4, -0.2) is 25.8 Å². The molecule has 0 aliphatic rings. The average Bonchev–Trinajstić information content (AvgIpc) is 3.14. The maximum atomic E-state index is 12.5. The van der Waals surface area contributed by atoms with Crippen LogP contribution in [0.1, 0.15) is 12.5 Å². The first-order valence-electron chi connectivity index (χ1n) is 7.88. The number of hydrogen-bond donors (Lipinski definition) is 1. The van der Waals surface area contributed by atoms with Gasteiger partial charge in [-0.1, -0.05) is 47.4 Å². The number of anilines is 1. The summed E-state index contributed by atoms with van der Waals surface area (Å²) >= 11 is 3.01. The van der Waals surface area contributed by atoms with Crippen molar-refractivity contribution in [2.24, 2.45) is 0 Å². The summed E-state index contributed by atoms with van der Waals surface area (Å²) in [5.41, 5.74) is 2.99. The highest BCUT2D eigenvalue weighted by Gasteiger charge is 2.20. The van der Waals surface area contributed by atoms with Crippen LogP contribution in [-0.2, 0) is 4.79 Å². The number of carbonyl (C=O) groups excluding carboxylic acids is 1. The zero-order chi connectivity index (χ0) is 17.4. The van der Waals surface area contributed by atoms with E-state index in [0.29, 0.717) is 0 Å². The van der Waals surface area contributed by atoms with E-state index in [4.69, 9.17) is 0 Å². The molecule has 1 atom stereocenters. The van der Waals surface area contributed by atoms with Gasteiger partial charge in [-0.15, -0.1) is 10.2 Å². The lowest BCUT2D eigenvalue weighted by atomic mass is 10.2. The lowest BCUT2D eigenvalue weighted by Gasteiger charge is -2.11. The number of carbonyl (C=O) groups is 1. The van der Waals surface area contributed by atoms with E-state index in [9.17, 15) is 4.79 Å². The number of fused-ring (bicyclic) bond motifs is 3. The molecule has 0 unspecified atom stereocenters. The number of para-hydroxylation sites is 1. The van der Waals surface area contributed by atoms with Crippen molar-refractivity contribution in [1.82, 2.24) is 14.6 Å². The van der Waals surface area contributed by atoms with Crippen molar-refractivity contribution in [1.29, 1.82) is 0 Å². The Kier molecular flexibility index (Phi) is 4.19. The van der Waals surface area contributed by atoms with Gasteiger partial charge < -0.3 is 5.32 Å². The molecule has 1 amide bonds. The lowest BCUT2D eigenvalue weighted by Crippen LogP contribution is -2.22. The van der Waals surface area contributed by atoms with Crippen LogP contribution in [0.15, 0.2) is 53.7 Å². The lowest BCUT2D eigenvalue weighted by molar-refractivity contribution is -0.115. The number of rotatable bonds is 4. The maximum Gasteiger partial charge on any atom is 0.237 e. The van der Waals surface area contributed by atoms with Crippen molar-refractivity contribution in [2.45, 2.75) is 24.3 Å². The number of aryl methyl sites for hydroxylation is 1. The summed E-state index contributed by atoms with van der Waals surface area (Å²) in [6.07, 6.45) is 0. The van der Waals surface area contributed by atoms with Gasteiger partial charge in [0, 0.05) is 5.69 Å². The van der Waals surface area contributed by atoms with Crippen LogP contribution in [0.4, 0.5) is 5.69 Å². The van der Waals surface area contributed by atoms with Crippen molar-refractivity contribution in [3.8, 4) is 0 Å². The molecule has 0 aliphatic heterocycles. The molecule has 0 saturated carbocycles. The number of thioether (sulfide) groups is 1. The zero-order valence-corrected chi connectivity index (χ0v) is 15.4. The Morgan fingerprint density at radius 2 is 2.04 bits per heavy atom. The molecule has 4 aromatic rings. The second-order valence-corrected chi connectivity index (χ2v) is 8.11. The first kappa shape index (κ1) is 16.1. The molecule has 0 fully saturated rings. The first-order valence-corrected chi connectivity index (χ1v) is 9.58. The summed E-state index contributed by atoms with van der Waals surface area (Å²) in [6.45, 7) is 3.88. The molecule has 0 radical (unpaired) electrons. The third-order valence-electron chi connectivity index (χ3n) is 3.85. The quantitative estimate of drug-likeness (QED) is 0.543. The number of amides is 1. The Morgan fingerprint density at radius 1 is 1.20 bits per heavy atom. The molecule has 2 aromatic heterocycles. The molecule has 0 saturated heterocycles. The van der Waals surface area contributed by atoms with Gasteiger partial charge in [-0.25, -0.2) is 0 Å². The molecule has 0 bridgehead atoms. The molecule has 5 nitrogen and oxygen atoms in total. The topological polar surface area (TPSA) is 59.3 Å². The summed E-state index contributed by atoms with van der Waals surface area (Å²) in [4.78, 5) is 13.3. The van der Waals surface area contributed by atoms with E-state index in [-0.39, 0.29) is 11.2 Å². The molecule has 0 aliphatic carbocycles. The van der Waals surface area contributed by atoms with Crippen LogP contribution in [0.5, 0.6) is 0 Å². The van der Waals surface area contributed by atoms with Crippen molar-refractivity contribution in [3.05, 3.63) is 54.1 Å². The third-order valence-corrected chi connectivity index (χ3v) is 5.90. The molecule has 2 aromatic carbocycles. The predicted molar refractivity (Wildman–Crippen MR) is 103 cm³/mol. The summed E-state index contributed by atoms with van der Waals surface area (Å²) in [6, 6.07) is 15.9. The average molecular weight is 368 g/mol. The van der Waals surface area contributed by atoms with Crippen LogP contribution in [0.3, 0.4) is 0 Å². The Balaban J connectivity index is 1.57.